The van der Waals surface area contributed by atoms with Gasteiger partial charge in [0.2, 0.25) is 0 Å². The van der Waals surface area contributed by atoms with Crippen molar-refractivity contribution in [3.8, 4) is 23.0 Å². The molecule has 0 unspecified atom stereocenters. The van der Waals surface area contributed by atoms with Crippen molar-refractivity contribution in [2.45, 2.75) is 30.8 Å². The summed E-state index contributed by atoms with van der Waals surface area (Å²) in [6.07, 6.45) is 7.99. The Hall–Kier alpha value is -2.96. The quantitative estimate of drug-likeness (QED) is 0.332. The molecule has 4 rings (SSSR count). The number of hydrogen-bond donors (Lipinski definition) is 1. The maximum Gasteiger partial charge on any atom is 0.137 e. The summed E-state index contributed by atoms with van der Waals surface area (Å²) in [4.78, 5) is 5.22. The number of ether oxygens (including phenoxy) is 3. The number of thioether (sulfide) groups is 1. The van der Waals surface area contributed by atoms with Crippen LogP contribution in [0.25, 0.3) is 0 Å². The predicted molar refractivity (Wildman–Crippen MR) is 122 cm³/mol. The maximum atomic E-state index is 9.95. The van der Waals surface area contributed by atoms with Gasteiger partial charge < -0.3 is 19.3 Å². The lowest BCUT2D eigenvalue weighted by Gasteiger charge is -2.39. The first-order valence-corrected chi connectivity index (χ1v) is 11.3. The molecule has 2 aromatic carbocycles. The van der Waals surface area contributed by atoms with Gasteiger partial charge in [-0.3, -0.25) is 4.98 Å². The van der Waals surface area contributed by atoms with Crippen molar-refractivity contribution < 1.29 is 19.3 Å². The van der Waals surface area contributed by atoms with E-state index in [0.717, 1.165) is 28.2 Å². The highest BCUT2D eigenvalue weighted by atomic mass is 32.2. The first kappa shape index (κ1) is 21.3. The number of benzene rings is 2. The second-order valence-corrected chi connectivity index (χ2v) is 8.14. The minimum absolute atomic E-state index is 0.158. The number of fused-ring (bicyclic) bond motifs is 2. The van der Waals surface area contributed by atoms with Gasteiger partial charge in [0.1, 0.15) is 28.6 Å². The molecule has 1 aromatic heterocycles. The zero-order chi connectivity index (χ0) is 21.7. The average Bonchev–Trinajstić information content (AvgIpc) is 2.79. The van der Waals surface area contributed by atoms with Crippen LogP contribution in [0.3, 0.4) is 0 Å². The first-order chi connectivity index (χ1) is 15.2. The van der Waals surface area contributed by atoms with Gasteiger partial charge in [0, 0.05) is 52.9 Å². The Balaban J connectivity index is 1.54. The Morgan fingerprint density at radius 2 is 1.90 bits per heavy atom. The lowest BCUT2D eigenvalue weighted by atomic mass is 9.81. The van der Waals surface area contributed by atoms with E-state index in [0.29, 0.717) is 23.9 Å². The third-order valence-corrected chi connectivity index (χ3v) is 6.11. The van der Waals surface area contributed by atoms with Crippen LogP contribution in [0.2, 0.25) is 0 Å². The van der Waals surface area contributed by atoms with Crippen molar-refractivity contribution in [1.82, 2.24) is 4.98 Å². The molecule has 31 heavy (non-hydrogen) atoms. The van der Waals surface area contributed by atoms with E-state index in [1.807, 2.05) is 55.6 Å². The zero-order valence-electron chi connectivity index (χ0n) is 17.6. The molecule has 5 nitrogen and oxygen atoms in total. The van der Waals surface area contributed by atoms with Gasteiger partial charge in [-0.15, -0.1) is 11.8 Å². The second-order valence-electron chi connectivity index (χ2n) is 7.04. The highest BCUT2D eigenvalue weighted by Crippen LogP contribution is 2.52. The van der Waals surface area contributed by atoms with E-state index < -0.39 is 5.60 Å². The van der Waals surface area contributed by atoms with Crippen LogP contribution in [-0.2, 0) is 10.3 Å². The maximum absolute atomic E-state index is 9.95. The number of nitrogens with zero attached hydrogens (tertiary/aromatic N) is 1. The summed E-state index contributed by atoms with van der Waals surface area (Å²) in [6, 6.07) is 14.9. The van der Waals surface area contributed by atoms with Crippen LogP contribution in [0.4, 0.5) is 0 Å². The molecule has 1 atom stereocenters. The third-order valence-electron chi connectivity index (χ3n) is 5.18. The SMILES string of the molecule is CCO[C@@]1(CC)c2ccc(O)cc2Oc2cc(O/C=C/CSc3cccnc3)ccc21. The van der Waals surface area contributed by atoms with E-state index in [1.54, 1.807) is 36.4 Å². The fourth-order valence-electron chi connectivity index (χ4n) is 3.81. The molecule has 160 valence electrons. The van der Waals surface area contributed by atoms with E-state index in [4.69, 9.17) is 14.2 Å². The topological polar surface area (TPSA) is 60.8 Å². The number of hydrogen-bond acceptors (Lipinski definition) is 6. The summed E-state index contributed by atoms with van der Waals surface area (Å²) in [6.45, 7) is 4.64. The summed E-state index contributed by atoms with van der Waals surface area (Å²) in [5.41, 5.74) is 1.25. The highest BCUT2D eigenvalue weighted by molar-refractivity contribution is 7.99. The number of phenolic OH excluding ortho intramolecular Hbond substituents is 1. The predicted octanol–water partition coefficient (Wildman–Crippen LogP) is 6.27. The fraction of sp³-hybridized carbons (Fsp3) is 0.240. The van der Waals surface area contributed by atoms with Crippen molar-refractivity contribution in [2.24, 2.45) is 0 Å². The van der Waals surface area contributed by atoms with Crippen LogP contribution in [0.5, 0.6) is 23.0 Å². The van der Waals surface area contributed by atoms with Gasteiger partial charge >= 0.3 is 0 Å². The summed E-state index contributed by atoms with van der Waals surface area (Å²) in [5, 5.41) is 9.95. The monoisotopic (exact) mass is 435 g/mol. The smallest absolute Gasteiger partial charge is 0.137 e. The van der Waals surface area contributed by atoms with E-state index in [1.165, 1.54) is 0 Å². The molecule has 0 spiro atoms. The molecule has 2 heterocycles. The molecule has 0 radical (unpaired) electrons. The second kappa shape index (κ2) is 9.45. The Labute approximate surface area is 186 Å². The van der Waals surface area contributed by atoms with Crippen molar-refractivity contribution >= 4 is 11.8 Å². The average molecular weight is 436 g/mol. The third kappa shape index (κ3) is 4.40. The molecule has 0 fully saturated rings. The van der Waals surface area contributed by atoms with Crippen molar-refractivity contribution in [3.05, 3.63) is 84.4 Å². The molecule has 1 N–H and O–H groups in total. The van der Waals surface area contributed by atoms with Gasteiger partial charge in [0.05, 0.1) is 6.26 Å². The van der Waals surface area contributed by atoms with Crippen LogP contribution in [0.1, 0.15) is 31.4 Å². The largest absolute Gasteiger partial charge is 0.508 e. The van der Waals surface area contributed by atoms with Crippen LogP contribution >= 0.6 is 11.8 Å². The molecular weight excluding hydrogens is 410 g/mol. The molecule has 0 saturated heterocycles. The van der Waals surface area contributed by atoms with Crippen LogP contribution in [0.15, 0.2) is 78.2 Å². The van der Waals surface area contributed by atoms with Gasteiger partial charge in [-0.2, -0.15) is 0 Å². The van der Waals surface area contributed by atoms with Gasteiger partial charge in [-0.1, -0.05) is 6.92 Å². The zero-order valence-corrected chi connectivity index (χ0v) is 18.4. The molecule has 1 aliphatic heterocycles. The summed E-state index contributed by atoms with van der Waals surface area (Å²) < 4.78 is 18.2. The van der Waals surface area contributed by atoms with Crippen molar-refractivity contribution in [2.75, 3.05) is 12.4 Å². The number of aromatic hydroxyl groups is 1. The van der Waals surface area contributed by atoms with Crippen LogP contribution in [0, 0.1) is 0 Å². The number of phenols is 1. The Bertz CT molecular complexity index is 1070. The van der Waals surface area contributed by atoms with E-state index in [-0.39, 0.29) is 5.75 Å². The lowest BCUT2D eigenvalue weighted by Crippen LogP contribution is -2.33. The Morgan fingerprint density at radius 3 is 2.65 bits per heavy atom. The molecule has 3 aromatic rings. The van der Waals surface area contributed by atoms with Crippen molar-refractivity contribution in [1.29, 1.82) is 0 Å². The lowest BCUT2D eigenvalue weighted by molar-refractivity contribution is -0.0205. The minimum Gasteiger partial charge on any atom is -0.508 e. The summed E-state index contributed by atoms with van der Waals surface area (Å²) in [7, 11) is 0. The fourth-order valence-corrected chi connectivity index (χ4v) is 4.49. The molecule has 0 bridgehead atoms. The molecule has 1 aliphatic rings. The summed E-state index contributed by atoms with van der Waals surface area (Å²) in [5.74, 6) is 2.88. The van der Waals surface area contributed by atoms with Gasteiger partial charge in [0.15, 0.2) is 0 Å². The number of aromatic nitrogens is 1. The van der Waals surface area contributed by atoms with Crippen LogP contribution in [-0.4, -0.2) is 22.5 Å². The molecule has 0 aliphatic carbocycles. The molecular formula is C25H25NO4S. The minimum atomic E-state index is -0.625. The van der Waals surface area contributed by atoms with E-state index >= 15 is 0 Å². The Morgan fingerprint density at radius 1 is 1.10 bits per heavy atom. The van der Waals surface area contributed by atoms with E-state index in [2.05, 4.69) is 11.9 Å². The first-order valence-electron chi connectivity index (χ1n) is 10.3. The van der Waals surface area contributed by atoms with Gasteiger partial charge in [-0.05, 0) is 55.8 Å². The van der Waals surface area contributed by atoms with Crippen LogP contribution < -0.4 is 9.47 Å². The van der Waals surface area contributed by atoms with Crippen molar-refractivity contribution in [3.63, 3.8) is 0 Å². The normalized spacial score (nSPS) is 17.1. The molecule has 6 heteroatoms. The molecule has 0 saturated carbocycles. The number of rotatable bonds is 8. The standard InChI is InChI=1S/C25H25NO4S/c1-3-25(29-4-2)21-10-8-18(27)15-23(21)30-24-16-19(9-11-22(24)25)28-13-6-14-31-20-7-5-12-26-17-20/h5-13,15-17,27H,3-4,14H2,1-2H3/b13-6+/t25-/m0/s1. The highest BCUT2D eigenvalue weighted by Gasteiger charge is 2.42. The van der Waals surface area contributed by atoms with Gasteiger partial charge in [0.25, 0.3) is 0 Å². The van der Waals surface area contributed by atoms with Gasteiger partial charge in [-0.25, -0.2) is 0 Å². The summed E-state index contributed by atoms with van der Waals surface area (Å²) >= 11 is 1.69. The molecule has 0 amide bonds. The van der Waals surface area contributed by atoms with E-state index in [9.17, 15) is 5.11 Å². The Kier molecular flexibility index (Phi) is 6.49. The number of pyridine rings is 1.